The maximum atomic E-state index is 12.4. The molecule has 4 rings (SSSR count). The first kappa shape index (κ1) is 21.5. The summed E-state index contributed by atoms with van der Waals surface area (Å²) in [4.78, 5) is 37.2. The first-order valence-electron chi connectivity index (χ1n) is 9.30. The minimum Gasteiger partial charge on any atom is -0.423 e. The van der Waals surface area contributed by atoms with Crippen LogP contribution >= 0.6 is 11.3 Å². The molecule has 1 N–H and O–H groups in total. The van der Waals surface area contributed by atoms with E-state index in [1.54, 1.807) is 12.1 Å². The van der Waals surface area contributed by atoms with Crippen molar-refractivity contribution in [3.63, 3.8) is 0 Å². The van der Waals surface area contributed by atoms with E-state index in [-0.39, 0.29) is 11.3 Å². The summed E-state index contributed by atoms with van der Waals surface area (Å²) in [6.07, 6.45) is 1.50. The molecule has 1 heterocycles. The number of nitro groups is 2. The number of rotatable bonds is 7. The number of nitro benzene ring substituents is 2. The van der Waals surface area contributed by atoms with Gasteiger partial charge in [-0.3, -0.25) is 25.7 Å². The number of fused-ring (bicyclic) bond motifs is 1. The number of hydrogen-bond acceptors (Lipinski definition) is 10. The van der Waals surface area contributed by atoms with Gasteiger partial charge >= 0.3 is 5.97 Å². The summed E-state index contributed by atoms with van der Waals surface area (Å²) in [5, 5.41) is 26.8. The molecule has 0 radical (unpaired) electrons. The Morgan fingerprint density at radius 2 is 1.73 bits per heavy atom. The molecule has 33 heavy (non-hydrogen) atoms. The predicted molar refractivity (Wildman–Crippen MR) is 122 cm³/mol. The second-order valence-corrected chi connectivity index (χ2v) is 7.60. The fourth-order valence-electron chi connectivity index (χ4n) is 2.83. The Kier molecular flexibility index (Phi) is 6.00. The normalized spacial score (nSPS) is 10.9. The molecular formula is C21H13N5O6S. The van der Waals surface area contributed by atoms with Crippen LogP contribution in [0.3, 0.4) is 0 Å². The maximum Gasteiger partial charge on any atom is 0.344 e. The number of non-ortho nitro benzene ring substituents is 2. The number of benzene rings is 3. The fourth-order valence-corrected chi connectivity index (χ4v) is 3.65. The topological polar surface area (TPSA) is 150 Å². The summed E-state index contributed by atoms with van der Waals surface area (Å²) >= 11 is 1.45. The van der Waals surface area contributed by atoms with Gasteiger partial charge in [-0.05, 0) is 29.8 Å². The van der Waals surface area contributed by atoms with E-state index in [0.717, 1.165) is 28.4 Å². The van der Waals surface area contributed by atoms with Crippen molar-refractivity contribution in [3.8, 4) is 5.75 Å². The number of nitrogens with one attached hydrogen (secondary N) is 1. The lowest BCUT2D eigenvalue weighted by atomic mass is 10.1. The minimum absolute atomic E-state index is 0.137. The number of para-hydroxylation sites is 1. The maximum absolute atomic E-state index is 12.4. The lowest BCUT2D eigenvalue weighted by molar-refractivity contribution is -0.394. The predicted octanol–water partition coefficient (Wildman–Crippen LogP) is 4.78. The van der Waals surface area contributed by atoms with Crippen LogP contribution in [0.15, 0.2) is 71.8 Å². The summed E-state index contributed by atoms with van der Waals surface area (Å²) in [6.45, 7) is 0. The van der Waals surface area contributed by atoms with Crippen molar-refractivity contribution in [1.29, 1.82) is 0 Å². The number of thiazole rings is 1. The quantitative estimate of drug-likeness (QED) is 0.135. The molecule has 4 aromatic rings. The number of aromatic nitrogens is 1. The van der Waals surface area contributed by atoms with Crippen LogP contribution in [0, 0.1) is 20.2 Å². The van der Waals surface area contributed by atoms with E-state index in [9.17, 15) is 25.0 Å². The number of anilines is 1. The van der Waals surface area contributed by atoms with Gasteiger partial charge in [0.05, 0.1) is 37.9 Å². The van der Waals surface area contributed by atoms with Crippen molar-refractivity contribution in [3.05, 3.63) is 98.1 Å². The molecule has 0 unspecified atom stereocenters. The second-order valence-electron chi connectivity index (χ2n) is 6.57. The highest BCUT2D eigenvalue weighted by atomic mass is 32.1. The fraction of sp³-hybridized carbons (Fsp3) is 0. The van der Waals surface area contributed by atoms with E-state index >= 15 is 0 Å². The summed E-state index contributed by atoms with van der Waals surface area (Å²) in [5.74, 6) is -0.832. The van der Waals surface area contributed by atoms with Gasteiger partial charge in [-0.1, -0.05) is 35.6 Å². The highest BCUT2D eigenvalue weighted by Crippen LogP contribution is 2.26. The molecule has 0 amide bonds. The molecule has 1 aromatic heterocycles. The van der Waals surface area contributed by atoms with Crippen LogP contribution in [-0.2, 0) is 0 Å². The molecule has 0 saturated heterocycles. The molecular weight excluding hydrogens is 450 g/mol. The van der Waals surface area contributed by atoms with Gasteiger partial charge in [0.25, 0.3) is 11.4 Å². The zero-order valence-corrected chi connectivity index (χ0v) is 17.4. The van der Waals surface area contributed by atoms with E-state index in [1.165, 1.54) is 29.7 Å². The van der Waals surface area contributed by atoms with Crippen LogP contribution in [0.1, 0.15) is 15.9 Å². The number of nitrogens with zero attached hydrogens (tertiary/aromatic N) is 4. The molecule has 0 aliphatic carbocycles. The third kappa shape index (κ3) is 5.14. The molecule has 3 aromatic carbocycles. The molecule has 0 saturated carbocycles. The number of carbonyl (C=O) groups excluding carboxylic acids is 1. The molecule has 12 heteroatoms. The molecule has 0 fully saturated rings. The SMILES string of the molecule is O=C(Oc1cccc(C=NNc2nc3ccccc3s2)c1)c1cc([N+](=O)[O-])cc([N+](=O)[O-])c1. The second kappa shape index (κ2) is 9.20. The molecule has 0 bridgehead atoms. The Morgan fingerprint density at radius 3 is 2.42 bits per heavy atom. The molecule has 164 valence electrons. The Labute approximate surface area is 189 Å². The number of ether oxygens (including phenoxy) is 1. The summed E-state index contributed by atoms with van der Waals surface area (Å²) < 4.78 is 6.26. The van der Waals surface area contributed by atoms with Gasteiger partial charge in [0.15, 0.2) is 0 Å². The Morgan fingerprint density at radius 1 is 1.00 bits per heavy atom. The van der Waals surface area contributed by atoms with Crippen molar-refractivity contribution in [1.82, 2.24) is 4.98 Å². The Hall–Kier alpha value is -4.71. The number of carbonyl (C=O) groups is 1. The number of esters is 1. The molecule has 0 atom stereocenters. The zero-order valence-electron chi connectivity index (χ0n) is 16.6. The average Bonchev–Trinajstić information content (AvgIpc) is 3.21. The molecule has 0 aliphatic heterocycles. The Balaban J connectivity index is 1.47. The van der Waals surface area contributed by atoms with Crippen LogP contribution in [0.5, 0.6) is 5.75 Å². The van der Waals surface area contributed by atoms with Gasteiger partial charge in [0, 0.05) is 12.1 Å². The van der Waals surface area contributed by atoms with Crippen molar-refractivity contribution >= 4 is 50.2 Å². The lowest BCUT2D eigenvalue weighted by Crippen LogP contribution is -2.10. The van der Waals surface area contributed by atoms with E-state index in [0.29, 0.717) is 10.7 Å². The molecule has 0 spiro atoms. The third-order valence-corrected chi connectivity index (χ3v) is 5.24. The van der Waals surface area contributed by atoms with Gasteiger partial charge in [-0.25, -0.2) is 9.78 Å². The van der Waals surface area contributed by atoms with Crippen LogP contribution in [-0.4, -0.2) is 27.0 Å². The standard InChI is InChI=1S/C21H13N5O6S/c27-20(14-9-15(25(28)29)11-16(10-14)26(30)31)32-17-5-3-4-13(8-17)12-22-24-21-23-18-6-1-2-7-19(18)33-21/h1-12H,(H,23,24). The van der Waals surface area contributed by atoms with Crippen LogP contribution in [0.25, 0.3) is 10.2 Å². The van der Waals surface area contributed by atoms with Gasteiger partial charge in [-0.2, -0.15) is 5.10 Å². The first-order valence-corrected chi connectivity index (χ1v) is 10.1. The van der Waals surface area contributed by atoms with Crippen molar-refractivity contribution in [2.75, 3.05) is 5.43 Å². The van der Waals surface area contributed by atoms with Crippen LogP contribution in [0.4, 0.5) is 16.5 Å². The number of hydrogen-bond donors (Lipinski definition) is 1. The zero-order chi connectivity index (χ0) is 23.4. The van der Waals surface area contributed by atoms with E-state index in [1.807, 2.05) is 24.3 Å². The van der Waals surface area contributed by atoms with Crippen molar-refractivity contribution < 1.29 is 19.4 Å². The van der Waals surface area contributed by atoms with Crippen LogP contribution < -0.4 is 10.2 Å². The Bertz CT molecular complexity index is 1350. The van der Waals surface area contributed by atoms with E-state index in [4.69, 9.17) is 4.74 Å². The number of hydrazone groups is 1. The van der Waals surface area contributed by atoms with E-state index < -0.39 is 27.2 Å². The summed E-state index contributed by atoms with van der Waals surface area (Å²) in [7, 11) is 0. The van der Waals surface area contributed by atoms with E-state index in [2.05, 4.69) is 15.5 Å². The largest absolute Gasteiger partial charge is 0.423 e. The molecule has 0 aliphatic rings. The summed E-state index contributed by atoms with van der Waals surface area (Å²) in [5.41, 5.74) is 2.81. The van der Waals surface area contributed by atoms with Crippen molar-refractivity contribution in [2.45, 2.75) is 0 Å². The average molecular weight is 463 g/mol. The molecule has 11 nitrogen and oxygen atoms in total. The smallest absolute Gasteiger partial charge is 0.344 e. The highest BCUT2D eigenvalue weighted by molar-refractivity contribution is 7.22. The van der Waals surface area contributed by atoms with Crippen LogP contribution in [0.2, 0.25) is 0 Å². The van der Waals surface area contributed by atoms with Crippen molar-refractivity contribution in [2.24, 2.45) is 5.10 Å². The van der Waals surface area contributed by atoms with Gasteiger partial charge in [0.1, 0.15) is 5.75 Å². The first-order chi connectivity index (χ1) is 15.9. The van der Waals surface area contributed by atoms with Gasteiger partial charge < -0.3 is 4.74 Å². The lowest BCUT2D eigenvalue weighted by Gasteiger charge is -2.05. The monoisotopic (exact) mass is 463 g/mol. The highest BCUT2D eigenvalue weighted by Gasteiger charge is 2.21. The third-order valence-electron chi connectivity index (χ3n) is 4.30. The van der Waals surface area contributed by atoms with Gasteiger partial charge in [-0.15, -0.1) is 0 Å². The summed E-state index contributed by atoms with van der Waals surface area (Å²) in [6, 6.07) is 16.6. The van der Waals surface area contributed by atoms with Gasteiger partial charge in [0.2, 0.25) is 5.13 Å². The minimum atomic E-state index is -0.969.